The monoisotopic (exact) mass is 977 g/mol. The maximum Gasteiger partial charge on any atom is 0.306 e. The molecule has 0 saturated heterocycles. The van der Waals surface area contributed by atoms with E-state index in [1.54, 1.807) is 0 Å². The average molecular weight is 978 g/mol. The largest absolute Gasteiger partial charge is 0.462 e. The fourth-order valence-corrected chi connectivity index (χ4v) is 8.49. The maximum absolute atomic E-state index is 12.9. The summed E-state index contributed by atoms with van der Waals surface area (Å²) in [5.41, 5.74) is 0. The summed E-state index contributed by atoms with van der Waals surface area (Å²) in [7, 11) is 0. The average Bonchev–Trinajstić information content (AvgIpc) is 3.36. The zero-order valence-electron chi connectivity index (χ0n) is 46.3. The molecule has 6 heteroatoms. The van der Waals surface area contributed by atoms with Gasteiger partial charge in [0, 0.05) is 19.3 Å². The van der Waals surface area contributed by atoms with E-state index in [1.165, 1.54) is 180 Å². The highest BCUT2D eigenvalue weighted by Gasteiger charge is 2.19. The van der Waals surface area contributed by atoms with Crippen molar-refractivity contribution in [2.75, 3.05) is 13.2 Å². The van der Waals surface area contributed by atoms with Crippen LogP contribution < -0.4 is 0 Å². The molecule has 0 saturated carbocycles. The predicted molar refractivity (Wildman–Crippen MR) is 302 cm³/mol. The molecule has 0 fully saturated rings. The van der Waals surface area contributed by atoms with Gasteiger partial charge in [-0.15, -0.1) is 0 Å². The van der Waals surface area contributed by atoms with Crippen LogP contribution in [0, 0.1) is 0 Å². The number of unbranched alkanes of at least 4 members (excludes halogenated alkanes) is 31. The summed E-state index contributed by atoms with van der Waals surface area (Å²) in [4.78, 5) is 38.2. The fraction of sp³-hybridized carbons (Fsp3) is 0.766. The first-order valence-corrected chi connectivity index (χ1v) is 29.9. The highest BCUT2D eigenvalue weighted by atomic mass is 16.6. The van der Waals surface area contributed by atoms with Crippen molar-refractivity contribution < 1.29 is 28.6 Å². The van der Waals surface area contributed by atoms with E-state index in [1.807, 2.05) is 6.08 Å². The van der Waals surface area contributed by atoms with Gasteiger partial charge in [0.25, 0.3) is 0 Å². The molecule has 1 unspecified atom stereocenters. The Bertz CT molecular complexity index is 1310. The highest BCUT2D eigenvalue weighted by molar-refractivity contribution is 5.71. The Morgan fingerprint density at radius 2 is 0.586 bits per heavy atom. The van der Waals surface area contributed by atoms with E-state index in [4.69, 9.17) is 14.2 Å². The summed E-state index contributed by atoms with van der Waals surface area (Å²) < 4.78 is 16.8. The second-order valence-corrected chi connectivity index (χ2v) is 19.9. The Morgan fingerprint density at radius 1 is 0.300 bits per heavy atom. The van der Waals surface area contributed by atoms with Crippen molar-refractivity contribution >= 4 is 17.9 Å². The quantitative estimate of drug-likeness (QED) is 0.0261. The van der Waals surface area contributed by atoms with Crippen molar-refractivity contribution in [3.05, 3.63) is 72.9 Å². The summed E-state index contributed by atoms with van der Waals surface area (Å²) in [6.45, 7) is 6.47. The van der Waals surface area contributed by atoms with Gasteiger partial charge >= 0.3 is 17.9 Å². The Labute approximate surface area is 433 Å². The van der Waals surface area contributed by atoms with Gasteiger partial charge in [0.2, 0.25) is 0 Å². The minimum atomic E-state index is -0.805. The van der Waals surface area contributed by atoms with Crippen LogP contribution >= 0.6 is 0 Å². The summed E-state index contributed by atoms with van der Waals surface area (Å²) in [5, 5.41) is 0. The number of allylic oxidation sites excluding steroid dienone is 12. The van der Waals surface area contributed by atoms with Gasteiger partial charge in [0.05, 0.1) is 0 Å². The Kier molecular flexibility index (Phi) is 55.8. The van der Waals surface area contributed by atoms with Gasteiger partial charge in [-0.05, 0) is 77.0 Å². The highest BCUT2D eigenvalue weighted by Crippen LogP contribution is 2.17. The van der Waals surface area contributed by atoms with Gasteiger partial charge in [-0.2, -0.15) is 0 Å². The summed E-state index contributed by atoms with van der Waals surface area (Å²) in [6, 6.07) is 0. The molecule has 0 N–H and O–H groups in total. The Morgan fingerprint density at radius 3 is 0.986 bits per heavy atom. The molecule has 0 spiro atoms. The molecule has 0 bridgehead atoms. The number of carbonyl (C=O) groups excluding carboxylic acids is 3. The standard InChI is InChI=1S/C64H112O6/c1-4-7-10-13-16-19-22-25-27-29-31-33-34-36-39-42-45-48-51-54-57-63(66)69-60-61(59-68-62(65)56-53-50-47-44-41-38-24-21-18-15-12-9-6-3)70-64(67)58-55-52-49-46-43-40-37-35-32-30-28-26-23-20-17-14-11-8-5-2/h9,12,17-18,20-21,26,28,38,41,47,50,61H,4-8,10-11,13-16,19,22-25,27,29-37,39-40,42-46,48-49,51-60H2,1-3H3/b12-9-,20-17-,21-18-,28-26-,41-38-,50-47-. The second kappa shape index (κ2) is 58.4. The third-order valence-electron chi connectivity index (χ3n) is 13.0. The lowest BCUT2D eigenvalue weighted by atomic mass is 10.0. The van der Waals surface area contributed by atoms with Crippen LogP contribution in [-0.2, 0) is 28.6 Å². The van der Waals surface area contributed by atoms with Crippen LogP contribution in [0.1, 0.15) is 297 Å². The molecular formula is C64H112O6. The van der Waals surface area contributed by atoms with Crippen LogP contribution in [0.3, 0.4) is 0 Å². The van der Waals surface area contributed by atoms with Crippen LogP contribution in [0.4, 0.5) is 0 Å². The van der Waals surface area contributed by atoms with Gasteiger partial charge in [-0.25, -0.2) is 0 Å². The minimum Gasteiger partial charge on any atom is -0.462 e. The number of rotatable bonds is 54. The number of esters is 3. The summed E-state index contributed by atoms with van der Waals surface area (Å²) in [5.74, 6) is -0.974. The molecule has 70 heavy (non-hydrogen) atoms. The first-order chi connectivity index (χ1) is 34.5. The lowest BCUT2D eigenvalue weighted by Crippen LogP contribution is -2.30. The van der Waals surface area contributed by atoms with Crippen molar-refractivity contribution in [1.82, 2.24) is 0 Å². The molecule has 6 nitrogen and oxygen atoms in total. The number of ether oxygens (including phenoxy) is 3. The van der Waals surface area contributed by atoms with Crippen LogP contribution in [-0.4, -0.2) is 37.2 Å². The Hall–Kier alpha value is -3.15. The molecule has 0 amide bonds. The molecule has 404 valence electrons. The van der Waals surface area contributed by atoms with Crippen molar-refractivity contribution in [3.8, 4) is 0 Å². The zero-order chi connectivity index (χ0) is 50.7. The molecule has 0 aliphatic heterocycles. The molecule has 0 aliphatic rings. The topological polar surface area (TPSA) is 78.9 Å². The third kappa shape index (κ3) is 55.8. The van der Waals surface area contributed by atoms with Gasteiger partial charge in [-0.3, -0.25) is 14.4 Å². The summed E-state index contributed by atoms with van der Waals surface area (Å²) >= 11 is 0. The number of carbonyl (C=O) groups is 3. The van der Waals surface area contributed by atoms with Crippen LogP contribution in [0.5, 0.6) is 0 Å². The predicted octanol–water partition coefficient (Wildman–Crippen LogP) is 20.2. The molecule has 0 radical (unpaired) electrons. The number of hydrogen-bond donors (Lipinski definition) is 0. The van der Waals surface area contributed by atoms with Crippen molar-refractivity contribution in [3.63, 3.8) is 0 Å². The minimum absolute atomic E-state index is 0.0965. The first-order valence-electron chi connectivity index (χ1n) is 29.9. The maximum atomic E-state index is 12.9. The molecule has 0 rings (SSSR count). The van der Waals surface area contributed by atoms with E-state index in [2.05, 4.69) is 87.6 Å². The molecule has 0 aromatic carbocycles. The second-order valence-electron chi connectivity index (χ2n) is 19.9. The molecule has 0 heterocycles. The van der Waals surface area contributed by atoms with E-state index in [0.717, 1.165) is 70.6 Å². The van der Waals surface area contributed by atoms with Crippen molar-refractivity contribution in [2.24, 2.45) is 0 Å². The smallest absolute Gasteiger partial charge is 0.306 e. The van der Waals surface area contributed by atoms with E-state index < -0.39 is 6.10 Å². The van der Waals surface area contributed by atoms with E-state index in [-0.39, 0.29) is 37.5 Å². The molecule has 0 aliphatic carbocycles. The molecule has 0 aromatic heterocycles. The van der Waals surface area contributed by atoms with Crippen molar-refractivity contribution in [2.45, 2.75) is 303 Å². The zero-order valence-corrected chi connectivity index (χ0v) is 46.3. The molecular weight excluding hydrogens is 865 g/mol. The SMILES string of the molecule is CC/C=C\C/C=C\C/C=C\C/C=C\CCC(=O)OCC(COC(=O)CCCCCCCCCCCCCCCCCCCCCC)OC(=O)CCCCCCCCCCC/C=C\C/C=C\CCCCC. The Balaban J connectivity index is 4.37. The summed E-state index contributed by atoms with van der Waals surface area (Å²) in [6.07, 6.45) is 74.9. The van der Waals surface area contributed by atoms with E-state index >= 15 is 0 Å². The molecule has 0 aromatic rings. The van der Waals surface area contributed by atoms with Gasteiger partial charge in [-0.1, -0.05) is 273 Å². The van der Waals surface area contributed by atoms with Crippen molar-refractivity contribution in [1.29, 1.82) is 0 Å². The van der Waals surface area contributed by atoms with E-state index in [9.17, 15) is 14.4 Å². The van der Waals surface area contributed by atoms with Crippen LogP contribution in [0.25, 0.3) is 0 Å². The molecule has 1 atom stereocenters. The lowest BCUT2D eigenvalue weighted by molar-refractivity contribution is -0.166. The third-order valence-corrected chi connectivity index (χ3v) is 13.0. The fourth-order valence-electron chi connectivity index (χ4n) is 8.49. The van der Waals surface area contributed by atoms with Gasteiger partial charge in [0.1, 0.15) is 13.2 Å². The first kappa shape index (κ1) is 66.9. The van der Waals surface area contributed by atoms with Crippen LogP contribution in [0.15, 0.2) is 72.9 Å². The number of hydrogen-bond acceptors (Lipinski definition) is 6. The lowest BCUT2D eigenvalue weighted by Gasteiger charge is -2.18. The van der Waals surface area contributed by atoms with E-state index in [0.29, 0.717) is 19.3 Å². The van der Waals surface area contributed by atoms with Crippen LogP contribution in [0.2, 0.25) is 0 Å². The van der Waals surface area contributed by atoms with Gasteiger partial charge in [0.15, 0.2) is 6.10 Å². The van der Waals surface area contributed by atoms with Gasteiger partial charge < -0.3 is 14.2 Å². The normalized spacial score (nSPS) is 12.6.